The van der Waals surface area contributed by atoms with Crippen molar-refractivity contribution in [1.29, 1.82) is 0 Å². The van der Waals surface area contributed by atoms with Crippen LogP contribution in [0.3, 0.4) is 0 Å². The van der Waals surface area contributed by atoms with Crippen LogP contribution in [-0.4, -0.2) is 29.2 Å². The van der Waals surface area contributed by atoms with Crippen molar-refractivity contribution in [3.8, 4) is 0 Å². The summed E-state index contributed by atoms with van der Waals surface area (Å²) in [6.07, 6.45) is 0.837. The van der Waals surface area contributed by atoms with Crippen LogP contribution < -0.4 is 10.9 Å². The SMILES string of the molecule is CC(=O)N1CCc2ccccc2C1CC(=O)NNC(=O)c1cc(C)oc1C. The molecule has 1 unspecified atom stereocenters. The minimum absolute atomic E-state index is 0.0697. The topological polar surface area (TPSA) is 91.7 Å². The lowest BCUT2D eigenvalue weighted by molar-refractivity contribution is -0.133. The Hall–Kier alpha value is -3.09. The van der Waals surface area contributed by atoms with Crippen LogP contribution >= 0.6 is 0 Å². The predicted molar refractivity (Wildman–Crippen MR) is 98.7 cm³/mol. The van der Waals surface area contributed by atoms with Crippen LogP contribution in [0.15, 0.2) is 34.7 Å². The van der Waals surface area contributed by atoms with Gasteiger partial charge < -0.3 is 9.32 Å². The first-order valence-electron chi connectivity index (χ1n) is 8.88. The predicted octanol–water partition coefficient (Wildman–Crippen LogP) is 2.19. The van der Waals surface area contributed by atoms with E-state index in [-0.39, 0.29) is 24.3 Å². The molecule has 2 N–H and O–H groups in total. The number of nitrogens with zero attached hydrogens (tertiary/aromatic N) is 1. The molecule has 1 aromatic heterocycles. The van der Waals surface area contributed by atoms with Crippen LogP contribution in [0, 0.1) is 13.8 Å². The summed E-state index contributed by atoms with van der Waals surface area (Å²) in [5, 5.41) is 0. The summed E-state index contributed by atoms with van der Waals surface area (Å²) < 4.78 is 5.33. The van der Waals surface area contributed by atoms with E-state index in [1.54, 1.807) is 24.8 Å². The van der Waals surface area contributed by atoms with Gasteiger partial charge in [0.25, 0.3) is 5.91 Å². The van der Waals surface area contributed by atoms with Gasteiger partial charge in [-0.1, -0.05) is 24.3 Å². The summed E-state index contributed by atoms with van der Waals surface area (Å²) in [5.74, 6) is 0.235. The molecule has 0 radical (unpaired) electrons. The van der Waals surface area contributed by atoms with Crippen molar-refractivity contribution in [2.45, 2.75) is 39.7 Å². The van der Waals surface area contributed by atoms with Crippen LogP contribution in [0.4, 0.5) is 0 Å². The number of hydrazine groups is 1. The Labute approximate surface area is 157 Å². The minimum atomic E-state index is -0.440. The van der Waals surface area contributed by atoms with Crippen molar-refractivity contribution in [3.63, 3.8) is 0 Å². The Morgan fingerprint density at radius 1 is 1.19 bits per heavy atom. The Bertz CT molecular complexity index is 887. The van der Waals surface area contributed by atoms with E-state index in [2.05, 4.69) is 10.9 Å². The highest BCUT2D eigenvalue weighted by molar-refractivity contribution is 5.96. The first kappa shape index (κ1) is 18.7. The smallest absolute Gasteiger partial charge is 0.273 e. The third-order valence-electron chi connectivity index (χ3n) is 4.80. The summed E-state index contributed by atoms with van der Waals surface area (Å²) in [4.78, 5) is 38.3. The summed E-state index contributed by atoms with van der Waals surface area (Å²) in [7, 11) is 0. The fraction of sp³-hybridized carbons (Fsp3) is 0.350. The van der Waals surface area contributed by atoms with Crippen molar-refractivity contribution in [3.05, 3.63) is 58.5 Å². The number of amides is 3. The quantitative estimate of drug-likeness (QED) is 0.812. The van der Waals surface area contributed by atoms with Gasteiger partial charge in [0, 0.05) is 13.5 Å². The molecule has 7 nitrogen and oxygen atoms in total. The standard InChI is InChI=1S/C20H23N3O4/c1-12-10-17(13(2)27-12)20(26)22-21-19(25)11-18-16-7-5-4-6-15(16)8-9-23(18)14(3)24/h4-7,10,18H,8-9,11H2,1-3H3,(H,21,25)(H,22,26). The number of carbonyl (C=O) groups is 3. The van der Waals surface area contributed by atoms with Crippen molar-refractivity contribution in [2.75, 3.05) is 6.54 Å². The summed E-state index contributed by atoms with van der Waals surface area (Å²) in [6.45, 7) is 5.52. The van der Waals surface area contributed by atoms with Gasteiger partial charge in [0.05, 0.1) is 18.0 Å². The molecule has 1 aliphatic heterocycles. The van der Waals surface area contributed by atoms with E-state index in [0.717, 1.165) is 17.5 Å². The van der Waals surface area contributed by atoms with Crippen molar-refractivity contribution in [2.24, 2.45) is 0 Å². The number of aryl methyl sites for hydroxylation is 2. The van der Waals surface area contributed by atoms with E-state index in [1.807, 2.05) is 24.3 Å². The van der Waals surface area contributed by atoms with Gasteiger partial charge in [-0.05, 0) is 37.5 Å². The first-order valence-corrected chi connectivity index (χ1v) is 8.88. The normalized spacial score (nSPS) is 15.8. The monoisotopic (exact) mass is 369 g/mol. The number of rotatable bonds is 3. The molecule has 0 bridgehead atoms. The summed E-state index contributed by atoms with van der Waals surface area (Å²) >= 11 is 0. The van der Waals surface area contributed by atoms with Gasteiger partial charge in [0.2, 0.25) is 11.8 Å². The van der Waals surface area contributed by atoms with Crippen LogP contribution in [0.5, 0.6) is 0 Å². The minimum Gasteiger partial charge on any atom is -0.466 e. The fourth-order valence-corrected chi connectivity index (χ4v) is 3.53. The third-order valence-corrected chi connectivity index (χ3v) is 4.80. The Morgan fingerprint density at radius 2 is 1.93 bits per heavy atom. The van der Waals surface area contributed by atoms with Gasteiger partial charge in [-0.3, -0.25) is 25.2 Å². The molecule has 0 spiro atoms. The van der Waals surface area contributed by atoms with Gasteiger partial charge in [0.1, 0.15) is 11.5 Å². The lowest BCUT2D eigenvalue weighted by Crippen LogP contribution is -2.45. The van der Waals surface area contributed by atoms with E-state index in [0.29, 0.717) is 23.6 Å². The second-order valence-electron chi connectivity index (χ2n) is 6.71. The average Bonchev–Trinajstić information content (AvgIpc) is 2.98. The molecular formula is C20H23N3O4. The van der Waals surface area contributed by atoms with E-state index in [9.17, 15) is 14.4 Å². The molecule has 3 rings (SSSR count). The Kier molecular flexibility index (Phi) is 5.30. The summed E-state index contributed by atoms with van der Waals surface area (Å²) in [5.41, 5.74) is 7.34. The zero-order valence-corrected chi connectivity index (χ0v) is 15.7. The van der Waals surface area contributed by atoms with Crippen LogP contribution in [0.1, 0.15) is 52.4 Å². The van der Waals surface area contributed by atoms with Crippen LogP contribution in [-0.2, 0) is 16.0 Å². The van der Waals surface area contributed by atoms with Gasteiger partial charge in [-0.15, -0.1) is 0 Å². The maximum absolute atomic E-state index is 12.4. The van der Waals surface area contributed by atoms with Gasteiger partial charge in [0.15, 0.2) is 0 Å². The molecule has 0 saturated carbocycles. The van der Waals surface area contributed by atoms with Crippen LogP contribution in [0.25, 0.3) is 0 Å². The molecule has 27 heavy (non-hydrogen) atoms. The second kappa shape index (κ2) is 7.65. The van der Waals surface area contributed by atoms with E-state index >= 15 is 0 Å². The molecule has 7 heteroatoms. The highest BCUT2D eigenvalue weighted by Crippen LogP contribution is 2.32. The number of benzene rings is 1. The molecule has 1 aliphatic rings. The molecule has 2 aromatic rings. The maximum Gasteiger partial charge on any atom is 0.273 e. The molecule has 142 valence electrons. The van der Waals surface area contributed by atoms with Gasteiger partial charge in [-0.2, -0.15) is 0 Å². The van der Waals surface area contributed by atoms with Gasteiger partial charge >= 0.3 is 0 Å². The Balaban J connectivity index is 1.68. The second-order valence-corrected chi connectivity index (χ2v) is 6.71. The molecule has 0 saturated heterocycles. The fourth-order valence-electron chi connectivity index (χ4n) is 3.53. The molecular weight excluding hydrogens is 346 g/mol. The third kappa shape index (κ3) is 4.02. The molecule has 2 heterocycles. The van der Waals surface area contributed by atoms with E-state index in [1.165, 1.54) is 6.92 Å². The van der Waals surface area contributed by atoms with E-state index < -0.39 is 5.91 Å². The molecule has 1 aromatic carbocycles. The van der Waals surface area contributed by atoms with E-state index in [4.69, 9.17) is 4.42 Å². The molecule has 0 fully saturated rings. The largest absolute Gasteiger partial charge is 0.466 e. The molecule has 0 aliphatic carbocycles. The van der Waals surface area contributed by atoms with Crippen molar-refractivity contribution < 1.29 is 18.8 Å². The zero-order valence-electron chi connectivity index (χ0n) is 15.7. The number of fused-ring (bicyclic) bond motifs is 1. The number of carbonyl (C=O) groups excluding carboxylic acids is 3. The van der Waals surface area contributed by atoms with Crippen LogP contribution in [0.2, 0.25) is 0 Å². The summed E-state index contributed by atoms with van der Waals surface area (Å²) in [6, 6.07) is 9.09. The lowest BCUT2D eigenvalue weighted by Gasteiger charge is -2.36. The van der Waals surface area contributed by atoms with Crippen molar-refractivity contribution >= 4 is 17.7 Å². The Morgan fingerprint density at radius 3 is 2.59 bits per heavy atom. The number of hydrogen-bond acceptors (Lipinski definition) is 4. The molecule has 1 atom stereocenters. The lowest BCUT2D eigenvalue weighted by atomic mass is 9.90. The highest BCUT2D eigenvalue weighted by atomic mass is 16.3. The maximum atomic E-state index is 12.4. The van der Waals surface area contributed by atoms with Crippen molar-refractivity contribution in [1.82, 2.24) is 15.8 Å². The highest BCUT2D eigenvalue weighted by Gasteiger charge is 2.30. The molecule has 3 amide bonds. The first-order chi connectivity index (χ1) is 12.9. The average molecular weight is 369 g/mol. The number of furan rings is 1. The number of nitrogens with one attached hydrogen (secondary N) is 2. The zero-order chi connectivity index (χ0) is 19.6. The number of hydrogen-bond donors (Lipinski definition) is 2. The van der Waals surface area contributed by atoms with Gasteiger partial charge in [-0.25, -0.2) is 0 Å².